The van der Waals surface area contributed by atoms with Crippen molar-refractivity contribution in [2.45, 2.75) is 26.8 Å². The summed E-state index contributed by atoms with van der Waals surface area (Å²) in [7, 11) is 0. The Kier molecular flexibility index (Phi) is 7.89. The number of nitrogens with one attached hydrogen (secondary N) is 1. The van der Waals surface area contributed by atoms with Crippen LogP contribution in [0.15, 0.2) is 53.4 Å². The maximum atomic E-state index is 12.6. The van der Waals surface area contributed by atoms with E-state index in [1.807, 2.05) is 31.2 Å². The molecule has 8 nitrogen and oxygen atoms in total. The molecule has 1 aliphatic rings. The molecule has 9 heteroatoms. The largest absolute Gasteiger partial charge is 0.484 e. The molecular formula is C24H24N2O6S. The zero-order chi connectivity index (χ0) is 24.0. The summed E-state index contributed by atoms with van der Waals surface area (Å²) in [5, 5.41) is 2.23. The average molecular weight is 469 g/mol. The normalized spacial score (nSPS) is 15.5. The number of aryl methyl sites for hydroxylation is 1. The lowest BCUT2D eigenvalue weighted by Crippen LogP contribution is -2.42. The van der Waals surface area contributed by atoms with E-state index in [1.54, 1.807) is 37.3 Å². The third-order valence-electron chi connectivity index (χ3n) is 4.72. The smallest absolute Gasteiger partial charge is 0.329 e. The quantitative estimate of drug-likeness (QED) is 0.461. The molecule has 0 bridgehead atoms. The van der Waals surface area contributed by atoms with Crippen molar-refractivity contribution in [1.82, 2.24) is 4.90 Å². The molecule has 1 N–H and O–H groups in total. The van der Waals surface area contributed by atoms with Gasteiger partial charge in [-0.2, -0.15) is 0 Å². The predicted molar refractivity (Wildman–Crippen MR) is 126 cm³/mol. The summed E-state index contributed by atoms with van der Waals surface area (Å²) in [6.07, 6.45) is 1.57. The van der Waals surface area contributed by atoms with E-state index in [4.69, 9.17) is 9.47 Å². The Morgan fingerprint density at radius 1 is 1.09 bits per heavy atom. The molecule has 1 atom stereocenters. The Morgan fingerprint density at radius 2 is 1.76 bits per heavy atom. The number of carbonyl (C=O) groups excluding carboxylic acids is 4. The Bertz CT molecular complexity index is 1080. The lowest BCUT2D eigenvalue weighted by molar-refractivity contribution is -0.150. The first kappa shape index (κ1) is 24.1. The van der Waals surface area contributed by atoms with Gasteiger partial charge in [-0.15, -0.1) is 0 Å². The standard InChI is InChI=1S/C24H24N2O6S/c1-4-31-23(29)16(3)26-22(28)20(33-24(26)30)13-17-7-11-19(12-8-17)32-14-21(27)25-18-9-5-15(2)6-10-18/h5-13,16H,4,14H2,1-3H3,(H,25,27). The molecule has 0 saturated carbocycles. The maximum Gasteiger partial charge on any atom is 0.329 e. The molecule has 0 aromatic heterocycles. The summed E-state index contributed by atoms with van der Waals surface area (Å²) < 4.78 is 10.4. The van der Waals surface area contributed by atoms with Crippen molar-refractivity contribution in [3.05, 3.63) is 64.6 Å². The molecule has 1 aliphatic heterocycles. The SMILES string of the molecule is CCOC(=O)C(C)N1C(=O)SC(=Cc2ccc(OCC(=O)Nc3ccc(C)cc3)cc2)C1=O. The predicted octanol–water partition coefficient (Wildman–Crippen LogP) is 4.00. The first-order valence-corrected chi connectivity index (χ1v) is 11.1. The van der Waals surface area contributed by atoms with E-state index in [-0.39, 0.29) is 24.0 Å². The van der Waals surface area contributed by atoms with Crippen molar-refractivity contribution in [2.24, 2.45) is 0 Å². The van der Waals surface area contributed by atoms with E-state index in [9.17, 15) is 19.2 Å². The fourth-order valence-electron chi connectivity index (χ4n) is 2.98. The number of esters is 1. The number of amides is 3. The van der Waals surface area contributed by atoms with Crippen molar-refractivity contribution >= 4 is 46.5 Å². The van der Waals surface area contributed by atoms with Crippen LogP contribution in [0, 0.1) is 6.92 Å². The molecule has 1 heterocycles. The Labute approximate surface area is 195 Å². The number of imide groups is 1. The zero-order valence-electron chi connectivity index (χ0n) is 18.5. The van der Waals surface area contributed by atoms with Gasteiger partial charge in [-0.1, -0.05) is 29.8 Å². The van der Waals surface area contributed by atoms with Crippen molar-refractivity contribution in [2.75, 3.05) is 18.5 Å². The van der Waals surface area contributed by atoms with Crippen molar-refractivity contribution in [1.29, 1.82) is 0 Å². The van der Waals surface area contributed by atoms with Gasteiger partial charge in [-0.05, 0) is 68.4 Å². The van der Waals surface area contributed by atoms with E-state index >= 15 is 0 Å². The lowest BCUT2D eigenvalue weighted by Gasteiger charge is -2.19. The molecule has 0 aliphatic carbocycles. The molecule has 0 spiro atoms. The van der Waals surface area contributed by atoms with E-state index in [0.717, 1.165) is 22.2 Å². The van der Waals surface area contributed by atoms with Crippen LogP contribution < -0.4 is 10.1 Å². The molecule has 3 rings (SSSR count). The first-order valence-electron chi connectivity index (χ1n) is 10.3. The third-order valence-corrected chi connectivity index (χ3v) is 5.61. The van der Waals surface area contributed by atoms with Crippen LogP contribution in [-0.2, 0) is 19.1 Å². The van der Waals surface area contributed by atoms with Gasteiger partial charge in [0.05, 0.1) is 11.5 Å². The highest BCUT2D eigenvalue weighted by atomic mass is 32.2. The summed E-state index contributed by atoms with van der Waals surface area (Å²) in [4.78, 5) is 49.9. The van der Waals surface area contributed by atoms with Crippen LogP contribution in [0.25, 0.3) is 6.08 Å². The monoisotopic (exact) mass is 468 g/mol. The van der Waals surface area contributed by atoms with Gasteiger partial charge < -0.3 is 14.8 Å². The fraction of sp³-hybridized carbons (Fsp3) is 0.250. The van der Waals surface area contributed by atoms with E-state index in [1.165, 1.54) is 6.92 Å². The molecule has 33 heavy (non-hydrogen) atoms. The van der Waals surface area contributed by atoms with Gasteiger partial charge in [-0.3, -0.25) is 19.3 Å². The second-order valence-electron chi connectivity index (χ2n) is 7.25. The number of benzene rings is 2. The number of thioether (sulfide) groups is 1. The second kappa shape index (κ2) is 10.8. The van der Waals surface area contributed by atoms with E-state index in [0.29, 0.717) is 17.0 Å². The number of ether oxygens (including phenoxy) is 2. The van der Waals surface area contributed by atoms with Crippen molar-refractivity contribution in [3.8, 4) is 5.75 Å². The summed E-state index contributed by atoms with van der Waals surface area (Å²) >= 11 is 0.767. The number of hydrogen-bond donors (Lipinski definition) is 1. The van der Waals surface area contributed by atoms with Gasteiger partial charge in [-0.25, -0.2) is 4.79 Å². The van der Waals surface area contributed by atoms with Crippen LogP contribution >= 0.6 is 11.8 Å². The second-order valence-corrected chi connectivity index (χ2v) is 8.24. The number of hydrogen-bond acceptors (Lipinski definition) is 7. The Morgan fingerprint density at radius 3 is 2.39 bits per heavy atom. The van der Waals surface area contributed by atoms with Gasteiger partial charge in [0.15, 0.2) is 6.61 Å². The van der Waals surface area contributed by atoms with Crippen molar-refractivity contribution < 1.29 is 28.7 Å². The third kappa shape index (κ3) is 6.23. The minimum atomic E-state index is -0.995. The molecule has 0 radical (unpaired) electrons. The minimum Gasteiger partial charge on any atom is -0.484 e. The van der Waals surface area contributed by atoms with Crippen LogP contribution in [0.2, 0.25) is 0 Å². The van der Waals surface area contributed by atoms with Gasteiger partial charge in [0.25, 0.3) is 17.1 Å². The molecule has 1 fully saturated rings. The van der Waals surface area contributed by atoms with Crippen LogP contribution in [0.4, 0.5) is 10.5 Å². The van der Waals surface area contributed by atoms with Gasteiger partial charge in [0.2, 0.25) is 0 Å². The van der Waals surface area contributed by atoms with Crippen LogP contribution in [0.3, 0.4) is 0 Å². The zero-order valence-corrected chi connectivity index (χ0v) is 19.3. The van der Waals surface area contributed by atoms with Crippen LogP contribution in [0.1, 0.15) is 25.0 Å². The van der Waals surface area contributed by atoms with Crippen molar-refractivity contribution in [3.63, 3.8) is 0 Å². The minimum absolute atomic E-state index is 0.155. The molecule has 3 amide bonds. The van der Waals surface area contributed by atoms with Gasteiger partial charge in [0, 0.05) is 5.69 Å². The molecule has 1 saturated heterocycles. The first-order chi connectivity index (χ1) is 15.8. The Hall–Kier alpha value is -3.59. The number of carbonyl (C=O) groups is 4. The highest BCUT2D eigenvalue weighted by Gasteiger charge is 2.41. The highest BCUT2D eigenvalue weighted by Crippen LogP contribution is 2.34. The van der Waals surface area contributed by atoms with E-state index < -0.39 is 23.2 Å². The average Bonchev–Trinajstić information content (AvgIpc) is 3.07. The van der Waals surface area contributed by atoms with Gasteiger partial charge in [0.1, 0.15) is 11.8 Å². The molecular weight excluding hydrogens is 444 g/mol. The molecule has 172 valence electrons. The summed E-state index contributed by atoms with van der Waals surface area (Å²) in [6.45, 7) is 5.09. The number of rotatable bonds is 8. The highest BCUT2D eigenvalue weighted by molar-refractivity contribution is 8.18. The molecule has 1 unspecified atom stereocenters. The summed E-state index contributed by atoms with van der Waals surface area (Å²) in [6, 6.07) is 13.2. The van der Waals surface area contributed by atoms with Crippen LogP contribution in [0.5, 0.6) is 5.75 Å². The topological polar surface area (TPSA) is 102 Å². The fourth-order valence-corrected chi connectivity index (χ4v) is 3.88. The molecule has 2 aromatic rings. The lowest BCUT2D eigenvalue weighted by atomic mass is 10.2. The maximum absolute atomic E-state index is 12.6. The summed E-state index contributed by atoms with van der Waals surface area (Å²) in [5.74, 6) is -0.977. The van der Waals surface area contributed by atoms with E-state index in [2.05, 4.69) is 5.32 Å². The molecule has 2 aromatic carbocycles. The number of anilines is 1. The summed E-state index contributed by atoms with van der Waals surface area (Å²) in [5.41, 5.74) is 2.46. The van der Waals surface area contributed by atoms with Crippen LogP contribution in [-0.4, -0.2) is 47.2 Å². The Balaban J connectivity index is 1.58. The number of nitrogens with zero attached hydrogens (tertiary/aromatic N) is 1. The van der Waals surface area contributed by atoms with Gasteiger partial charge >= 0.3 is 5.97 Å².